The first-order valence-corrected chi connectivity index (χ1v) is 25.3. The summed E-state index contributed by atoms with van der Waals surface area (Å²) in [7, 11) is -3.99. The van der Waals surface area contributed by atoms with Crippen LogP contribution in [-0.4, -0.2) is 53.1 Å². The number of carbonyl (C=O) groups excluding carboxylic acids is 1. The maximum absolute atomic E-state index is 12.8. The number of carbonyl (C=O) groups is 1. The quantitative estimate of drug-likeness (QED) is 0.120. The van der Waals surface area contributed by atoms with E-state index >= 15 is 0 Å². The van der Waals surface area contributed by atoms with Crippen LogP contribution < -0.4 is 0 Å². The van der Waals surface area contributed by atoms with Crippen molar-refractivity contribution in [1.29, 1.82) is 0 Å². The van der Waals surface area contributed by atoms with Gasteiger partial charge in [0, 0.05) is 6.42 Å². The van der Waals surface area contributed by atoms with Crippen LogP contribution in [0.1, 0.15) is 135 Å². The molecule has 2 fully saturated rings. The van der Waals surface area contributed by atoms with Crippen LogP contribution in [-0.2, 0) is 23.1 Å². The Morgan fingerprint density at radius 3 is 2.10 bits per heavy atom. The first-order chi connectivity index (χ1) is 22.5. The number of rotatable bonds is 11. The summed E-state index contributed by atoms with van der Waals surface area (Å²) in [6.07, 6.45) is 14.1. The van der Waals surface area contributed by atoms with Gasteiger partial charge in [0.05, 0.1) is 18.3 Å². The summed E-state index contributed by atoms with van der Waals surface area (Å²) >= 11 is 0. The lowest BCUT2D eigenvalue weighted by Crippen LogP contribution is -2.49. The standard InChI is InChI=1S/C43H76O5Si2/c1-30-33(26-34(47-49(15,16)40(6,7)8)27-37(30)48-50(17,18)41(9,10)11)22-21-32-20-19-25-43(14)35(23-24-36(32)43)31(2)45-28-38(44)46-42(12,13)29-39(3,4)5/h21-23,31,34,36-37H,1,19-20,24-29H2,2-18H3/b32-21+,33-22-/t31?,34-,36+,37+,43-/m1/s1. The van der Waals surface area contributed by atoms with Gasteiger partial charge in [-0.3, -0.25) is 0 Å². The highest BCUT2D eigenvalue weighted by molar-refractivity contribution is 6.74. The first-order valence-electron chi connectivity index (χ1n) is 19.5. The van der Waals surface area contributed by atoms with E-state index < -0.39 is 22.2 Å². The van der Waals surface area contributed by atoms with Crippen molar-refractivity contribution in [3.63, 3.8) is 0 Å². The zero-order valence-corrected chi connectivity index (χ0v) is 37.4. The molecule has 3 aliphatic rings. The molecule has 0 aromatic carbocycles. The second-order valence-electron chi connectivity index (χ2n) is 20.9. The van der Waals surface area contributed by atoms with Crippen LogP contribution in [0.4, 0.5) is 0 Å². The van der Waals surface area contributed by atoms with E-state index in [4.69, 9.17) is 18.3 Å². The minimum absolute atomic E-state index is 0.0168. The monoisotopic (exact) mass is 729 g/mol. The average Bonchev–Trinajstić information content (AvgIpc) is 3.27. The van der Waals surface area contributed by atoms with Crippen molar-refractivity contribution < 1.29 is 23.1 Å². The molecular formula is C43H76O5Si2. The summed E-state index contributed by atoms with van der Waals surface area (Å²) in [6.45, 7) is 42.9. The molecule has 50 heavy (non-hydrogen) atoms. The van der Waals surface area contributed by atoms with Gasteiger partial charge < -0.3 is 18.3 Å². The zero-order valence-electron chi connectivity index (χ0n) is 35.4. The highest BCUT2D eigenvalue weighted by atomic mass is 28.4. The number of hydrogen-bond donors (Lipinski definition) is 0. The second-order valence-corrected chi connectivity index (χ2v) is 30.4. The Hall–Kier alpha value is -1.26. The van der Waals surface area contributed by atoms with Crippen LogP contribution in [0.2, 0.25) is 36.3 Å². The third kappa shape index (κ3) is 10.7. The molecule has 0 amide bonds. The van der Waals surface area contributed by atoms with Gasteiger partial charge in [0.15, 0.2) is 16.6 Å². The lowest BCUT2D eigenvalue weighted by Gasteiger charge is -2.45. The smallest absolute Gasteiger partial charge is 0.332 e. The molecule has 3 rings (SSSR count). The predicted octanol–water partition coefficient (Wildman–Crippen LogP) is 12.3. The van der Waals surface area contributed by atoms with Crippen molar-refractivity contribution in [2.75, 3.05) is 6.61 Å². The van der Waals surface area contributed by atoms with Gasteiger partial charge in [-0.2, -0.15) is 0 Å². The van der Waals surface area contributed by atoms with Crippen LogP contribution in [0, 0.1) is 16.7 Å². The molecule has 5 atom stereocenters. The van der Waals surface area contributed by atoms with Crippen molar-refractivity contribution in [1.82, 2.24) is 0 Å². The SMILES string of the molecule is C=C1/C(=C\C=C2/CCC[C@]3(C)C(C(C)OCC(=O)OC(C)(C)CC(C)(C)C)=CC[C@@H]23)C[C@@H](O[Si](C)(C)C(C)(C)C)C[C@@H]1O[Si](C)(C)C(C)(C)C. The minimum atomic E-state index is -2.02. The molecule has 1 unspecified atom stereocenters. The van der Waals surface area contributed by atoms with Gasteiger partial charge in [-0.15, -0.1) is 0 Å². The van der Waals surface area contributed by atoms with Gasteiger partial charge in [0.1, 0.15) is 12.2 Å². The molecule has 5 nitrogen and oxygen atoms in total. The van der Waals surface area contributed by atoms with Crippen LogP contribution in [0.25, 0.3) is 0 Å². The highest BCUT2D eigenvalue weighted by Gasteiger charge is 2.47. The van der Waals surface area contributed by atoms with Gasteiger partial charge in [-0.25, -0.2) is 4.79 Å². The molecule has 3 aliphatic carbocycles. The molecule has 2 saturated carbocycles. The van der Waals surface area contributed by atoms with Crippen LogP contribution >= 0.6 is 0 Å². The number of ether oxygens (including phenoxy) is 2. The Balaban J connectivity index is 1.80. The lowest BCUT2D eigenvalue weighted by atomic mass is 9.63. The Kier molecular flexibility index (Phi) is 13.1. The lowest BCUT2D eigenvalue weighted by molar-refractivity contribution is -0.165. The van der Waals surface area contributed by atoms with Crippen molar-refractivity contribution >= 4 is 22.6 Å². The summed E-state index contributed by atoms with van der Waals surface area (Å²) in [4.78, 5) is 12.8. The third-order valence-electron chi connectivity index (χ3n) is 12.6. The summed E-state index contributed by atoms with van der Waals surface area (Å²) < 4.78 is 26.2. The molecule has 0 N–H and O–H groups in total. The Morgan fingerprint density at radius 2 is 1.54 bits per heavy atom. The van der Waals surface area contributed by atoms with E-state index in [9.17, 15) is 4.79 Å². The van der Waals surface area contributed by atoms with Crippen molar-refractivity contribution in [2.45, 2.75) is 195 Å². The fraction of sp³-hybridized carbons (Fsp3) is 0.791. The largest absolute Gasteiger partial charge is 0.458 e. The topological polar surface area (TPSA) is 54.0 Å². The fourth-order valence-electron chi connectivity index (χ4n) is 8.18. The van der Waals surface area contributed by atoms with Gasteiger partial charge in [-0.05, 0) is 129 Å². The fourth-order valence-corrected chi connectivity index (χ4v) is 10.9. The Labute approximate surface area is 310 Å². The zero-order chi connectivity index (χ0) is 38.3. The number of allylic oxidation sites excluding steroid dienone is 4. The average molecular weight is 729 g/mol. The summed E-state index contributed by atoms with van der Waals surface area (Å²) in [5, 5.41) is 0.267. The summed E-state index contributed by atoms with van der Waals surface area (Å²) in [5.41, 5.74) is 4.81. The molecular weight excluding hydrogens is 653 g/mol. The van der Waals surface area contributed by atoms with Gasteiger partial charge in [0.25, 0.3) is 0 Å². The van der Waals surface area contributed by atoms with Gasteiger partial charge in [0.2, 0.25) is 0 Å². The van der Waals surface area contributed by atoms with E-state index in [2.05, 4.69) is 127 Å². The minimum Gasteiger partial charge on any atom is -0.458 e. The van der Waals surface area contributed by atoms with Gasteiger partial charge >= 0.3 is 5.97 Å². The highest BCUT2D eigenvalue weighted by Crippen LogP contribution is 2.56. The van der Waals surface area contributed by atoms with E-state index in [1.807, 2.05) is 13.8 Å². The summed E-state index contributed by atoms with van der Waals surface area (Å²) in [6, 6.07) is 0. The van der Waals surface area contributed by atoms with E-state index in [0.29, 0.717) is 5.92 Å². The number of hydrogen-bond acceptors (Lipinski definition) is 5. The first kappa shape index (κ1) is 43.2. The second kappa shape index (κ2) is 15.2. The number of esters is 1. The van der Waals surface area contributed by atoms with E-state index in [-0.39, 0.29) is 51.8 Å². The molecule has 0 saturated heterocycles. The molecule has 0 spiro atoms. The third-order valence-corrected chi connectivity index (χ3v) is 21.6. The predicted molar refractivity (Wildman–Crippen MR) is 216 cm³/mol. The Bertz CT molecular complexity index is 1330. The van der Waals surface area contributed by atoms with E-state index in [1.165, 1.54) is 16.7 Å². The van der Waals surface area contributed by atoms with Crippen LogP contribution in [0.15, 0.2) is 47.1 Å². The summed E-state index contributed by atoms with van der Waals surface area (Å²) in [5.74, 6) is 0.142. The molecule has 0 bridgehead atoms. The van der Waals surface area contributed by atoms with Crippen LogP contribution in [0.3, 0.4) is 0 Å². The van der Waals surface area contributed by atoms with Crippen molar-refractivity contribution in [3.8, 4) is 0 Å². The van der Waals surface area contributed by atoms with E-state index in [1.54, 1.807) is 0 Å². The van der Waals surface area contributed by atoms with Crippen molar-refractivity contribution in [2.24, 2.45) is 16.7 Å². The molecule has 0 heterocycles. The molecule has 7 heteroatoms. The molecule has 0 aromatic rings. The van der Waals surface area contributed by atoms with Crippen LogP contribution in [0.5, 0.6) is 0 Å². The normalized spacial score (nSPS) is 28.1. The molecule has 0 aliphatic heterocycles. The maximum Gasteiger partial charge on any atom is 0.332 e. The van der Waals surface area contributed by atoms with E-state index in [0.717, 1.165) is 50.5 Å². The van der Waals surface area contributed by atoms with Crippen molar-refractivity contribution in [3.05, 3.63) is 47.1 Å². The Morgan fingerprint density at radius 1 is 0.960 bits per heavy atom. The number of fused-ring (bicyclic) bond motifs is 1. The molecule has 0 aromatic heterocycles. The maximum atomic E-state index is 12.8. The molecule has 286 valence electrons. The van der Waals surface area contributed by atoms with Gasteiger partial charge in [-0.1, -0.05) is 99.6 Å². The molecule has 0 radical (unpaired) electrons.